The Labute approximate surface area is 75.8 Å². The summed E-state index contributed by atoms with van der Waals surface area (Å²) < 4.78 is 10.4. The van der Waals surface area contributed by atoms with Crippen LogP contribution in [0.25, 0.3) is 0 Å². The van der Waals surface area contributed by atoms with Gasteiger partial charge in [0.25, 0.3) is 0 Å². The van der Waals surface area contributed by atoms with Gasteiger partial charge in [-0.2, -0.15) is 11.8 Å². The maximum Gasteiger partial charge on any atom is 0.166 e. The van der Waals surface area contributed by atoms with Crippen LogP contribution < -0.4 is 5.73 Å². The summed E-state index contributed by atoms with van der Waals surface area (Å²) >= 11 is 1.58. The average Bonchev–Trinajstić information content (AvgIpc) is 2.57. The first-order valence-corrected chi connectivity index (χ1v) is 5.00. The molecular weight excluding hydrogens is 178 g/mol. The summed E-state index contributed by atoms with van der Waals surface area (Å²) in [6, 6.07) is -0.364. The first kappa shape index (κ1) is 9.98. The van der Waals surface area contributed by atoms with Gasteiger partial charge in [0.05, 0.1) is 19.3 Å². The highest BCUT2D eigenvalue weighted by Crippen LogP contribution is 2.11. The summed E-state index contributed by atoms with van der Waals surface area (Å²) in [5, 5.41) is 0. The second-order valence-electron chi connectivity index (χ2n) is 2.51. The van der Waals surface area contributed by atoms with E-state index in [1.165, 1.54) is 0 Å². The predicted octanol–water partition coefficient (Wildman–Crippen LogP) is -0.381. The van der Waals surface area contributed by atoms with Gasteiger partial charge >= 0.3 is 0 Å². The molecule has 0 aromatic rings. The van der Waals surface area contributed by atoms with Crippen molar-refractivity contribution in [2.45, 2.75) is 12.3 Å². The van der Waals surface area contributed by atoms with E-state index in [1.807, 2.05) is 0 Å². The van der Waals surface area contributed by atoms with E-state index in [4.69, 9.17) is 15.2 Å². The highest BCUT2D eigenvalue weighted by atomic mass is 32.2. The van der Waals surface area contributed by atoms with Crippen LogP contribution >= 0.6 is 11.8 Å². The zero-order chi connectivity index (χ0) is 8.81. The van der Waals surface area contributed by atoms with Gasteiger partial charge in [-0.05, 0) is 0 Å². The first-order valence-electron chi connectivity index (χ1n) is 3.84. The van der Waals surface area contributed by atoms with Crippen molar-refractivity contribution < 1.29 is 14.3 Å². The van der Waals surface area contributed by atoms with E-state index in [0.29, 0.717) is 19.0 Å². The summed E-state index contributed by atoms with van der Waals surface area (Å²) in [4.78, 5) is 10.1. The lowest BCUT2D eigenvalue weighted by Crippen LogP contribution is -2.25. The molecular formula is C7H13NO3S. The van der Waals surface area contributed by atoms with E-state index in [-0.39, 0.29) is 12.3 Å². The van der Waals surface area contributed by atoms with Crippen LogP contribution in [0.15, 0.2) is 0 Å². The summed E-state index contributed by atoms with van der Waals surface area (Å²) in [5.74, 6) is 1.38. The van der Waals surface area contributed by atoms with Crippen molar-refractivity contribution in [1.29, 1.82) is 0 Å². The van der Waals surface area contributed by atoms with Crippen molar-refractivity contribution in [2.24, 2.45) is 5.73 Å². The summed E-state index contributed by atoms with van der Waals surface area (Å²) in [7, 11) is 0. The lowest BCUT2D eigenvalue weighted by Gasteiger charge is -2.08. The SMILES string of the molecule is NC(C=O)CSCC1OCCO1. The molecule has 1 atom stereocenters. The molecule has 1 aliphatic rings. The van der Waals surface area contributed by atoms with Crippen LogP contribution in [0.5, 0.6) is 0 Å². The van der Waals surface area contributed by atoms with Crippen LogP contribution in [0.4, 0.5) is 0 Å². The number of carbonyl (C=O) groups excluding carboxylic acids is 1. The van der Waals surface area contributed by atoms with E-state index >= 15 is 0 Å². The number of thioether (sulfide) groups is 1. The Morgan fingerprint density at radius 2 is 2.25 bits per heavy atom. The van der Waals surface area contributed by atoms with Gasteiger partial charge in [0.1, 0.15) is 6.29 Å². The van der Waals surface area contributed by atoms with E-state index in [9.17, 15) is 4.79 Å². The van der Waals surface area contributed by atoms with Crippen LogP contribution in [0.1, 0.15) is 0 Å². The second kappa shape index (κ2) is 5.53. The van der Waals surface area contributed by atoms with Crippen molar-refractivity contribution >= 4 is 18.0 Å². The molecule has 5 heteroatoms. The quantitative estimate of drug-likeness (QED) is 0.600. The molecule has 4 nitrogen and oxygen atoms in total. The number of hydrogen-bond acceptors (Lipinski definition) is 5. The normalized spacial score (nSPS) is 21.1. The molecule has 0 amide bonds. The van der Waals surface area contributed by atoms with E-state index in [1.54, 1.807) is 11.8 Å². The Hall–Kier alpha value is -0.100. The molecule has 0 radical (unpaired) electrons. The summed E-state index contributed by atoms with van der Waals surface area (Å²) in [6.45, 7) is 1.34. The zero-order valence-electron chi connectivity index (χ0n) is 6.77. The third kappa shape index (κ3) is 3.53. The topological polar surface area (TPSA) is 61.6 Å². The second-order valence-corrected chi connectivity index (χ2v) is 3.58. The molecule has 1 aliphatic heterocycles. The molecule has 1 fully saturated rings. The van der Waals surface area contributed by atoms with E-state index < -0.39 is 0 Å². The van der Waals surface area contributed by atoms with Crippen LogP contribution in [-0.4, -0.2) is 43.3 Å². The standard InChI is InChI=1S/C7H13NO3S/c8-6(3-9)4-12-5-7-10-1-2-11-7/h3,6-7H,1-2,4-5,8H2. The van der Waals surface area contributed by atoms with Gasteiger partial charge in [-0.1, -0.05) is 0 Å². The molecule has 0 aromatic carbocycles. The molecule has 1 heterocycles. The Morgan fingerprint density at radius 1 is 1.58 bits per heavy atom. The van der Waals surface area contributed by atoms with Gasteiger partial charge < -0.3 is 20.0 Å². The van der Waals surface area contributed by atoms with E-state index in [0.717, 1.165) is 12.0 Å². The Morgan fingerprint density at radius 3 is 2.83 bits per heavy atom. The van der Waals surface area contributed by atoms with Gasteiger partial charge in [-0.3, -0.25) is 0 Å². The van der Waals surface area contributed by atoms with Gasteiger partial charge in [0, 0.05) is 11.5 Å². The highest BCUT2D eigenvalue weighted by Gasteiger charge is 2.15. The molecule has 0 saturated carbocycles. The number of nitrogens with two attached hydrogens (primary N) is 1. The van der Waals surface area contributed by atoms with Gasteiger partial charge in [-0.15, -0.1) is 0 Å². The minimum Gasteiger partial charge on any atom is -0.349 e. The molecule has 1 rings (SSSR count). The third-order valence-electron chi connectivity index (χ3n) is 1.43. The fourth-order valence-corrected chi connectivity index (χ4v) is 1.71. The van der Waals surface area contributed by atoms with Crippen molar-refractivity contribution in [3.05, 3.63) is 0 Å². The molecule has 1 saturated heterocycles. The minimum atomic E-state index is -0.364. The number of ether oxygens (including phenoxy) is 2. The first-order chi connectivity index (χ1) is 5.83. The highest BCUT2D eigenvalue weighted by molar-refractivity contribution is 7.99. The Bertz CT molecular complexity index is 139. The van der Waals surface area contributed by atoms with Crippen molar-refractivity contribution in [2.75, 3.05) is 24.7 Å². The molecule has 1 unspecified atom stereocenters. The Balaban J connectivity index is 1.97. The van der Waals surface area contributed by atoms with Gasteiger partial charge in [-0.25, -0.2) is 0 Å². The molecule has 12 heavy (non-hydrogen) atoms. The van der Waals surface area contributed by atoms with E-state index in [2.05, 4.69) is 0 Å². The number of carbonyl (C=O) groups is 1. The molecule has 70 valence electrons. The Kier molecular flexibility index (Phi) is 4.60. The largest absolute Gasteiger partial charge is 0.349 e. The predicted molar refractivity (Wildman–Crippen MR) is 47.1 cm³/mol. The van der Waals surface area contributed by atoms with Crippen molar-refractivity contribution in [1.82, 2.24) is 0 Å². The van der Waals surface area contributed by atoms with Gasteiger partial charge in [0.15, 0.2) is 6.29 Å². The summed E-state index contributed by atoms with van der Waals surface area (Å²) in [5.41, 5.74) is 5.39. The monoisotopic (exact) mass is 191 g/mol. The minimum absolute atomic E-state index is 0.103. The maximum absolute atomic E-state index is 10.1. The molecule has 0 spiro atoms. The van der Waals surface area contributed by atoms with Crippen LogP contribution in [0, 0.1) is 0 Å². The fourth-order valence-electron chi connectivity index (χ4n) is 0.843. The fraction of sp³-hybridized carbons (Fsp3) is 0.857. The smallest absolute Gasteiger partial charge is 0.166 e. The lowest BCUT2D eigenvalue weighted by molar-refractivity contribution is -0.108. The van der Waals surface area contributed by atoms with Crippen LogP contribution in [0.2, 0.25) is 0 Å². The molecule has 0 aliphatic carbocycles. The summed E-state index contributed by atoms with van der Waals surface area (Å²) in [6.07, 6.45) is 0.650. The molecule has 0 bridgehead atoms. The van der Waals surface area contributed by atoms with Crippen molar-refractivity contribution in [3.63, 3.8) is 0 Å². The maximum atomic E-state index is 10.1. The zero-order valence-corrected chi connectivity index (χ0v) is 7.59. The molecule has 0 aromatic heterocycles. The average molecular weight is 191 g/mol. The molecule has 2 N–H and O–H groups in total. The van der Waals surface area contributed by atoms with Crippen molar-refractivity contribution in [3.8, 4) is 0 Å². The number of hydrogen-bond donors (Lipinski definition) is 1. The lowest BCUT2D eigenvalue weighted by atomic mass is 10.4. The van der Waals surface area contributed by atoms with Gasteiger partial charge in [0.2, 0.25) is 0 Å². The number of rotatable bonds is 5. The number of aldehydes is 1. The van der Waals surface area contributed by atoms with Crippen LogP contribution in [-0.2, 0) is 14.3 Å². The third-order valence-corrected chi connectivity index (χ3v) is 2.56. The van der Waals surface area contributed by atoms with Crippen LogP contribution in [0.3, 0.4) is 0 Å².